The molecule has 1 N–H and O–H groups in total. The third-order valence-electron chi connectivity index (χ3n) is 11.8. The molecule has 0 atom stereocenters. The summed E-state index contributed by atoms with van der Waals surface area (Å²) in [6.07, 6.45) is 19.7. The van der Waals surface area contributed by atoms with E-state index < -0.39 is 17.9 Å². The Labute approximate surface area is 435 Å². The zero-order valence-electron chi connectivity index (χ0n) is 42.1. The number of hydrogen-bond donors (Lipinski definition) is 1. The number of carbonyl (C=O) groups is 3. The molecule has 1 saturated carbocycles. The van der Waals surface area contributed by atoms with E-state index in [2.05, 4.69) is 73.0 Å². The molecular weight excluding hydrogens is 937 g/mol. The van der Waals surface area contributed by atoms with Crippen molar-refractivity contribution in [2.45, 2.75) is 97.3 Å². The number of rotatable bonds is 30. The molecule has 0 aliphatic heterocycles. The second kappa shape index (κ2) is 30.4. The number of thioether (sulfide) groups is 1. The first kappa shape index (κ1) is 54.8. The fourth-order valence-electron chi connectivity index (χ4n) is 7.49. The van der Waals surface area contributed by atoms with Gasteiger partial charge in [0, 0.05) is 35.3 Å². The van der Waals surface area contributed by atoms with Gasteiger partial charge in [0.05, 0.1) is 43.2 Å². The highest BCUT2D eigenvalue weighted by Crippen LogP contribution is 2.37. The number of nitrogens with zero attached hydrogens (tertiary/aromatic N) is 1. The summed E-state index contributed by atoms with van der Waals surface area (Å²) in [5.41, 5.74) is 10.7. The van der Waals surface area contributed by atoms with Crippen molar-refractivity contribution >= 4 is 47.7 Å². The Kier molecular flexibility index (Phi) is 22.8. The largest absolute Gasteiger partial charge is 0.494 e. The highest BCUT2D eigenvalue weighted by atomic mass is 32.2. The predicted molar refractivity (Wildman–Crippen MR) is 292 cm³/mol. The van der Waals surface area contributed by atoms with Crippen molar-refractivity contribution < 1.29 is 42.8 Å². The summed E-state index contributed by atoms with van der Waals surface area (Å²) < 4.78 is 34.8. The number of fused-ring (bicyclic) bond motifs is 1. The highest BCUT2D eigenvalue weighted by molar-refractivity contribution is 8.05. The number of allylic oxidation sites excluding steroid dienone is 4. The van der Waals surface area contributed by atoms with E-state index in [0.717, 1.165) is 121 Å². The van der Waals surface area contributed by atoms with Crippen molar-refractivity contribution in [1.29, 1.82) is 0 Å². The average molecular weight is 1000 g/mol. The highest BCUT2D eigenvalue weighted by Gasteiger charge is 2.20. The molecule has 0 amide bonds. The minimum absolute atomic E-state index is 0.309. The van der Waals surface area contributed by atoms with E-state index in [1.54, 1.807) is 54.4 Å². The van der Waals surface area contributed by atoms with Gasteiger partial charge >= 0.3 is 17.9 Å². The van der Waals surface area contributed by atoms with Gasteiger partial charge in [0.2, 0.25) is 0 Å². The van der Waals surface area contributed by atoms with E-state index in [1.165, 1.54) is 17.7 Å². The van der Waals surface area contributed by atoms with Crippen molar-refractivity contribution in [2.24, 2.45) is 5.10 Å². The lowest BCUT2D eigenvalue weighted by molar-refractivity contribution is -0.138. The molecule has 2 aliphatic carbocycles. The van der Waals surface area contributed by atoms with Gasteiger partial charge in [-0.2, -0.15) is 5.10 Å². The smallest absolute Gasteiger partial charge is 0.343 e. The number of ether oxygens (including phenoxy) is 6. The summed E-state index contributed by atoms with van der Waals surface area (Å²) in [6.45, 7) is 12.9. The molecule has 380 valence electrons. The van der Waals surface area contributed by atoms with Gasteiger partial charge in [0.15, 0.2) is 0 Å². The molecule has 0 saturated heterocycles. The monoisotopic (exact) mass is 1000 g/mol. The van der Waals surface area contributed by atoms with Crippen LogP contribution >= 0.6 is 11.8 Å². The maximum absolute atomic E-state index is 13.7. The normalized spacial score (nSPS) is 13.0. The Hall–Kier alpha value is -7.49. The van der Waals surface area contributed by atoms with Gasteiger partial charge in [0.1, 0.15) is 28.8 Å². The first-order chi connectivity index (χ1) is 35.7. The number of benzene rings is 4. The zero-order valence-corrected chi connectivity index (χ0v) is 42.9. The minimum atomic E-state index is -0.533. The van der Waals surface area contributed by atoms with Crippen molar-refractivity contribution in [3.8, 4) is 34.8 Å². The molecule has 2 aliphatic rings. The summed E-state index contributed by atoms with van der Waals surface area (Å²) in [4.78, 5) is 36.1. The number of hydrogen-bond acceptors (Lipinski definition) is 12. The standard InChI is InChI=1S/C61H66N2O9S/c1-5-20-57(73-44-45(4)50-26-18-23-46-21-12-13-22-51(46)41-50)63-62-43-52-42-55(35-36-56(52)72-61(66)49-29-33-54(34-30-49)68-38-15-9-11-17-40-70-59(65)7-3)71-60(47-24-19-25-47)48-27-31-53(32-28-48)67-37-14-8-10-16-39-69-58(64)6-2/h6-7,12-13,20-22,27-36,41-44,63H,2-3,5,8-11,14-17,19,24-26,37-40H2,1,4H3/b45-44+,57-20+,62-43+. The molecule has 12 heteroatoms. The van der Waals surface area contributed by atoms with Crippen LogP contribution in [0.2, 0.25) is 0 Å². The summed E-state index contributed by atoms with van der Waals surface area (Å²) in [5.74, 6) is 8.34. The van der Waals surface area contributed by atoms with Gasteiger partial charge in [-0.15, -0.1) is 0 Å². The van der Waals surface area contributed by atoms with Crippen LogP contribution in [-0.2, 0) is 19.1 Å². The van der Waals surface area contributed by atoms with E-state index in [-0.39, 0.29) is 0 Å². The van der Waals surface area contributed by atoms with Crippen LogP contribution in [-0.4, -0.2) is 50.6 Å². The van der Waals surface area contributed by atoms with Crippen molar-refractivity contribution in [3.63, 3.8) is 0 Å². The van der Waals surface area contributed by atoms with E-state index in [4.69, 9.17) is 28.4 Å². The zero-order chi connectivity index (χ0) is 51.5. The van der Waals surface area contributed by atoms with Gasteiger partial charge < -0.3 is 28.4 Å². The van der Waals surface area contributed by atoms with E-state index in [1.807, 2.05) is 48.5 Å². The van der Waals surface area contributed by atoms with Gasteiger partial charge in [-0.3, -0.25) is 5.43 Å². The molecule has 0 radical (unpaired) electrons. The van der Waals surface area contributed by atoms with Crippen molar-refractivity contribution in [3.05, 3.63) is 177 Å². The van der Waals surface area contributed by atoms with Crippen LogP contribution in [0, 0.1) is 11.8 Å². The minimum Gasteiger partial charge on any atom is -0.494 e. The molecule has 73 heavy (non-hydrogen) atoms. The molecule has 0 spiro atoms. The molecular formula is C61H66N2O9S. The fourth-order valence-corrected chi connectivity index (χ4v) is 8.31. The van der Waals surface area contributed by atoms with Crippen LogP contribution in [0.1, 0.15) is 130 Å². The maximum Gasteiger partial charge on any atom is 0.343 e. The predicted octanol–water partition coefficient (Wildman–Crippen LogP) is 13.9. The van der Waals surface area contributed by atoms with Crippen LogP contribution < -0.4 is 24.4 Å². The summed E-state index contributed by atoms with van der Waals surface area (Å²) in [5, 5.41) is 7.61. The number of unbranched alkanes of at least 4 members (excludes halogenated alkanes) is 6. The lowest BCUT2D eigenvalue weighted by Gasteiger charge is -2.23. The third kappa shape index (κ3) is 18.6. The number of esters is 3. The second-order valence-electron chi connectivity index (χ2n) is 17.3. The lowest BCUT2D eigenvalue weighted by atomic mass is 9.89. The van der Waals surface area contributed by atoms with Gasteiger partial charge in [-0.05, 0) is 191 Å². The SMILES string of the molecule is C=CC(=O)OCCCCCCOc1ccc(C(=O)Oc2ccc(OC(=C3CCC3)c3ccc(OCCCCCCOC(=O)C=C)cc3)cc2/C=N/N/C(=C\CC)S/C=C(\C)C2=Cc3ccccc3C#CC2)cc1. The molecule has 11 nitrogen and oxygen atoms in total. The first-order valence-electron chi connectivity index (χ1n) is 25.1. The Balaban J connectivity index is 1.12. The van der Waals surface area contributed by atoms with Crippen molar-refractivity contribution in [2.75, 3.05) is 26.4 Å². The second-order valence-corrected chi connectivity index (χ2v) is 18.2. The average Bonchev–Trinajstić information content (AvgIpc) is 3.62. The molecule has 1 fully saturated rings. The summed E-state index contributed by atoms with van der Waals surface area (Å²) in [6, 6.07) is 28.4. The Morgan fingerprint density at radius 1 is 0.726 bits per heavy atom. The Morgan fingerprint density at radius 2 is 1.33 bits per heavy atom. The molecule has 4 aromatic carbocycles. The fraction of sp³-hybridized carbons (Fsp3) is 0.311. The van der Waals surface area contributed by atoms with Gasteiger partial charge in [-0.25, -0.2) is 14.4 Å². The molecule has 0 unspecified atom stereocenters. The van der Waals surface area contributed by atoms with Crippen LogP contribution in [0.3, 0.4) is 0 Å². The molecule has 0 bridgehead atoms. The molecule has 0 aromatic heterocycles. The molecule has 0 heterocycles. The quantitative estimate of drug-likeness (QED) is 0.00783. The Morgan fingerprint density at radius 3 is 1.93 bits per heavy atom. The number of carbonyl (C=O) groups excluding carboxylic acids is 3. The van der Waals surface area contributed by atoms with E-state index >= 15 is 0 Å². The van der Waals surface area contributed by atoms with Gasteiger partial charge in [-0.1, -0.05) is 68.0 Å². The van der Waals surface area contributed by atoms with Crippen LogP contribution in [0.15, 0.2) is 155 Å². The van der Waals surface area contributed by atoms with Crippen molar-refractivity contribution in [1.82, 2.24) is 5.43 Å². The molecule has 6 rings (SSSR count). The first-order valence-corrected chi connectivity index (χ1v) is 26.0. The van der Waals surface area contributed by atoms with Gasteiger partial charge in [0.25, 0.3) is 0 Å². The lowest BCUT2D eigenvalue weighted by Crippen LogP contribution is -2.11. The maximum atomic E-state index is 13.7. The Bertz CT molecular complexity index is 2730. The van der Waals surface area contributed by atoms with E-state index in [9.17, 15) is 14.4 Å². The van der Waals surface area contributed by atoms with Crippen LogP contribution in [0.25, 0.3) is 11.8 Å². The number of nitrogens with one attached hydrogen (secondary N) is 1. The van der Waals surface area contributed by atoms with E-state index in [0.29, 0.717) is 61.2 Å². The molecule has 4 aromatic rings. The third-order valence-corrected chi connectivity index (χ3v) is 12.7. The number of hydrazone groups is 1. The summed E-state index contributed by atoms with van der Waals surface area (Å²) in [7, 11) is 0. The van der Waals surface area contributed by atoms with Crippen LogP contribution in [0.4, 0.5) is 0 Å². The summed E-state index contributed by atoms with van der Waals surface area (Å²) >= 11 is 1.54. The van der Waals surface area contributed by atoms with Crippen LogP contribution in [0.5, 0.6) is 23.0 Å². The topological polar surface area (TPSA) is 131 Å².